The molecule has 1 saturated heterocycles. The first kappa shape index (κ1) is 16.9. The lowest BCUT2D eigenvalue weighted by Gasteiger charge is -2.29. The molecule has 0 aliphatic carbocycles. The summed E-state index contributed by atoms with van der Waals surface area (Å²) in [6.07, 6.45) is 0.872. The van der Waals surface area contributed by atoms with Gasteiger partial charge in [-0.3, -0.25) is 9.59 Å². The molecule has 3 N–H and O–H groups in total. The number of aliphatic hydroxyl groups is 1. The van der Waals surface area contributed by atoms with Crippen LogP contribution < -0.4 is 5.32 Å². The largest absolute Gasteiger partial charge is 0.481 e. The van der Waals surface area contributed by atoms with Crippen molar-refractivity contribution in [2.45, 2.75) is 58.2 Å². The van der Waals surface area contributed by atoms with Crippen LogP contribution in [0.25, 0.3) is 0 Å². The highest BCUT2D eigenvalue weighted by Crippen LogP contribution is 2.31. The number of hydrogen-bond acceptors (Lipinski definition) is 4. The molecule has 0 bridgehead atoms. The summed E-state index contributed by atoms with van der Waals surface area (Å²) < 4.78 is 5.29. The maximum atomic E-state index is 12.0. The fourth-order valence-corrected chi connectivity index (χ4v) is 2.50. The predicted molar refractivity (Wildman–Crippen MR) is 73.3 cm³/mol. The highest BCUT2D eigenvalue weighted by molar-refractivity contribution is 5.84. The van der Waals surface area contributed by atoms with E-state index >= 15 is 0 Å². The van der Waals surface area contributed by atoms with Crippen LogP contribution in [0.1, 0.15) is 46.5 Å². The van der Waals surface area contributed by atoms with Gasteiger partial charge in [0.2, 0.25) is 5.91 Å². The Morgan fingerprint density at radius 3 is 2.40 bits per heavy atom. The van der Waals surface area contributed by atoms with Gasteiger partial charge >= 0.3 is 5.97 Å². The Labute approximate surface area is 119 Å². The van der Waals surface area contributed by atoms with Crippen molar-refractivity contribution in [2.75, 3.05) is 13.2 Å². The van der Waals surface area contributed by atoms with Crippen molar-refractivity contribution in [3.05, 3.63) is 0 Å². The highest BCUT2D eigenvalue weighted by Gasteiger charge is 2.41. The van der Waals surface area contributed by atoms with Gasteiger partial charge in [-0.05, 0) is 19.8 Å². The van der Waals surface area contributed by atoms with Crippen LogP contribution >= 0.6 is 0 Å². The van der Waals surface area contributed by atoms with E-state index in [1.54, 1.807) is 20.8 Å². The molecular formula is C14H25NO5. The average Bonchev–Trinajstić information content (AvgIpc) is 2.74. The third-order valence-electron chi connectivity index (χ3n) is 4.56. The summed E-state index contributed by atoms with van der Waals surface area (Å²) >= 11 is 0. The van der Waals surface area contributed by atoms with Gasteiger partial charge in [-0.15, -0.1) is 0 Å². The molecule has 6 nitrogen and oxygen atoms in total. The summed E-state index contributed by atoms with van der Waals surface area (Å²) in [5, 5.41) is 22.2. The van der Waals surface area contributed by atoms with Crippen LogP contribution in [0.2, 0.25) is 0 Å². The molecule has 20 heavy (non-hydrogen) atoms. The number of nitrogens with one attached hydrogen (secondary N) is 1. The quantitative estimate of drug-likeness (QED) is 0.647. The van der Waals surface area contributed by atoms with E-state index in [0.29, 0.717) is 25.9 Å². The maximum Gasteiger partial charge on any atom is 0.310 e. The van der Waals surface area contributed by atoms with E-state index in [4.69, 9.17) is 4.74 Å². The summed E-state index contributed by atoms with van der Waals surface area (Å²) in [6.45, 7) is 5.86. The van der Waals surface area contributed by atoms with E-state index in [9.17, 15) is 19.8 Å². The van der Waals surface area contributed by atoms with Gasteiger partial charge in [0.15, 0.2) is 0 Å². The Morgan fingerprint density at radius 1 is 1.40 bits per heavy atom. The van der Waals surface area contributed by atoms with Crippen LogP contribution in [0.5, 0.6) is 0 Å². The molecule has 116 valence electrons. The standard InChI is InChI=1S/C14H25NO5/c1-4-13(5-2,12(17)18)8-11(16)15-9-14(19)6-7-20-10(14)3/h10,19H,4-9H2,1-3H3,(H,15,16)(H,17,18). The van der Waals surface area contributed by atoms with Crippen molar-refractivity contribution in [2.24, 2.45) is 5.41 Å². The monoisotopic (exact) mass is 287 g/mol. The first-order valence-corrected chi connectivity index (χ1v) is 7.13. The Kier molecular flexibility index (Phi) is 5.53. The normalized spacial score (nSPS) is 26.5. The molecule has 0 radical (unpaired) electrons. The molecule has 1 aliphatic rings. The molecule has 0 aromatic carbocycles. The minimum Gasteiger partial charge on any atom is -0.481 e. The van der Waals surface area contributed by atoms with Crippen molar-refractivity contribution < 1.29 is 24.5 Å². The van der Waals surface area contributed by atoms with Crippen molar-refractivity contribution in [3.63, 3.8) is 0 Å². The number of hydrogen-bond donors (Lipinski definition) is 3. The van der Waals surface area contributed by atoms with Gasteiger partial charge in [-0.25, -0.2) is 0 Å². The second kappa shape index (κ2) is 6.54. The second-order valence-electron chi connectivity index (χ2n) is 5.61. The van der Waals surface area contributed by atoms with E-state index in [2.05, 4.69) is 5.32 Å². The Hall–Kier alpha value is -1.14. The summed E-state index contributed by atoms with van der Waals surface area (Å²) in [4.78, 5) is 23.3. The predicted octanol–water partition coefficient (Wildman–Crippen LogP) is 0.924. The minimum atomic E-state index is -1.06. The molecule has 2 unspecified atom stereocenters. The number of carboxylic acid groups (broad SMARTS) is 1. The first-order chi connectivity index (χ1) is 9.29. The lowest BCUT2D eigenvalue weighted by atomic mass is 9.79. The van der Waals surface area contributed by atoms with Crippen molar-refractivity contribution in [3.8, 4) is 0 Å². The number of carbonyl (C=O) groups is 2. The van der Waals surface area contributed by atoms with Gasteiger partial charge in [0.1, 0.15) is 5.60 Å². The molecule has 1 aliphatic heterocycles. The van der Waals surface area contributed by atoms with Crippen LogP contribution in [-0.4, -0.2) is 46.9 Å². The lowest BCUT2D eigenvalue weighted by Crippen LogP contribution is -2.48. The van der Waals surface area contributed by atoms with E-state index < -0.39 is 17.0 Å². The minimum absolute atomic E-state index is 0.0688. The topological polar surface area (TPSA) is 95.9 Å². The maximum absolute atomic E-state index is 12.0. The summed E-state index contributed by atoms with van der Waals surface area (Å²) in [5.41, 5.74) is -2.08. The number of ether oxygens (including phenoxy) is 1. The zero-order valence-electron chi connectivity index (χ0n) is 12.4. The van der Waals surface area contributed by atoms with E-state index in [0.717, 1.165) is 0 Å². The van der Waals surface area contributed by atoms with Gasteiger partial charge in [0.25, 0.3) is 0 Å². The second-order valence-corrected chi connectivity index (χ2v) is 5.61. The van der Waals surface area contributed by atoms with Crippen molar-refractivity contribution >= 4 is 11.9 Å². The molecule has 0 aromatic rings. The summed E-state index contributed by atoms with van der Waals surface area (Å²) in [5.74, 6) is -1.29. The number of carboxylic acids is 1. The lowest BCUT2D eigenvalue weighted by molar-refractivity contribution is -0.152. The molecule has 1 amide bonds. The first-order valence-electron chi connectivity index (χ1n) is 7.13. The fourth-order valence-electron chi connectivity index (χ4n) is 2.50. The number of rotatable bonds is 7. The molecule has 1 heterocycles. The highest BCUT2D eigenvalue weighted by atomic mass is 16.5. The van der Waals surface area contributed by atoms with E-state index in [1.807, 2.05) is 0 Å². The molecule has 1 fully saturated rings. The van der Waals surface area contributed by atoms with Gasteiger partial charge < -0.3 is 20.3 Å². The SMILES string of the molecule is CCC(CC)(CC(=O)NCC1(O)CCOC1C)C(=O)O. The summed E-state index contributed by atoms with van der Waals surface area (Å²) in [6, 6.07) is 0. The molecule has 0 saturated carbocycles. The van der Waals surface area contributed by atoms with Crippen LogP contribution in [0.15, 0.2) is 0 Å². The molecule has 2 atom stereocenters. The zero-order chi connectivity index (χ0) is 15.4. The Balaban J connectivity index is 2.57. The molecule has 0 spiro atoms. The molecule has 6 heteroatoms. The summed E-state index contributed by atoms with van der Waals surface area (Å²) in [7, 11) is 0. The number of carbonyl (C=O) groups excluding carboxylic acids is 1. The smallest absolute Gasteiger partial charge is 0.310 e. The fraction of sp³-hybridized carbons (Fsp3) is 0.857. The van der Waals surface area contributed by atoms with Gasteiger partial charge in [-0.2, -0.15) is 0 Å². The molecular weight excluding hydrogens is 262 g/mol. The van der Waals surface area contributed by atoms with Crippen molar-refractivity contribution in [1.29, 1.82) is 0 Å². The third-order valence-corrected chi connectivity index (χ3v) is 4.56. The van der Waals surface area contributed by atoms with Crippen LogP contribution in [0.4, 0.5) is 0 Å². The Bertz CT molecular complexity index is 367. The zero-order valence-corrected chi connectivity index (χ0v) is 12.4. The Morgan fingerprint density at radius 2 is 2.00 bits per heavy atom. The van der Waals surface area contributed by atoms with E-state index in [-0.39, 0.29) is 25.0 Å². The molecule has 0 aromatic heterocycles. The van der Waals surface area contributed by atoms with Crippen molar-refractivity contribution in [1.82, 2.24) is 5.32 Å². The number of amides is 1. The van der Waals surface area contributed by atoms with Crippen LogP contribution in [0, 0.1) is 5.41 Å². The molecule has 1 rings (SSSR count). The van der Waals surface area contributed by atoms with Gasteiger partial charge in [-0.1, -0.05) is 13.8 Å². The van der Waals surface area contributed by atoms with Crippen LogP contribution in [-0.2, 0) is 14.3 Å². The van der Waals surface area contributed by atoms with Crippen LogP contribution in [0.3, 0.4) is 0 Å². The number of aliphatic carboxylic acids is 1. The third kappa shape index (κ3) is 3.49. The van der Waals surface area contributed by atoms with E-state index in [1.165, 1.54) is 0 Å². The van der Waals surface area contributed by atoms with Gasteiger partial charge in [0.05, 0.1) is 11.5 Å². The van der Waals surface area contributed by atoms with Gasteiger partial charge in [0, 0.05) is 26.0 Å². The average molecular weight is 287 g/mol.